The van der Waals surface area contributed by atoms with Crippen molar-refractivity contribution in [3.05, 3.63) is 12.7 Å². The standard InChI is InChI=1S/C32H62O2/c1-5-8-10-12-14-16-18-19-21-23-25-27-29-31(30(4)34-32(33)7-3)28-26-24-22-20-17-15-13-11-9-6-2/h7,30-31H,3,5-6,8-29H2,1-2,4H3. The average molecular weight is 479 g/mol. The summed E-state index contributed by atoms with van der Waals surface area (Å²) in [5, 5.41) is 0. The summed E-state index contributed by atoms with van der Waals surface area (Å²) >= 11 is 0. The van der Waals surface area contributed by atoms with E-state index in [-0.39, 0.29) is 12.1 Å². The topological polar surface area (TPSA) is 26.3 Å². The number of carbonyl (C=O) groups is 1. The molecule has 0 aliphatic carbocycles. The minimum absolute atomic E-state index is 0.0109. The van der Waals surface area contributed by atoms with Crippen LogP contribution in [0, 0.1) is 5.92 Å². The third-order valence-electron chi connectivity index (χ3n) is 7.49. The Morgan fingerprint density at radius 3 is 1.18 bits per heavy atom. The second kappa shape index (κ2) is 26.8. The summed E-state index contributed by atoms with van der Waals surface area (Å²) in [4.78, 5) is 11.7. The van der Waals surface area contributed by atoms with Crippen molar-refractivity contribution in [1.29, 1.82) is 0 Å². The van der Waals surface area contributed by atoms with Crippen molar-refractivity contribution in [1.82, 2.24) is 0 Å². The molecule has 0 amide bonds. The van der Waals surface area contributed by atoms with Gasteiger partial charge in [-0.2, -0.15) is 0 Å². The molecule has 2 nitrogen and oxygen atoms in total. The Hall–Kier alpha value is -0.790. The molecule has 0 aliphatic heterocycles. The molecule has 0 radical (unpaired) electrons. The van der Waals surface area contributed by atoms with E-state index in [1.807, 2.05) is 0 Å². The Labute approximate surface area is 215 Å². The zero-order chi connectivity index (χ0) is 25.1. The van der Waals surface area contributed by atoms with Crippen molar-refractivity contribution < 1.29 is 9.53 Å². The molecule has 2 unspecified atom stereocenters. The summed E-state index contributed by atoms with van der Waals surface area (Å²) in [7, 11) is 0. The Morgan fingerprint density at radius 2 is 0.882 bits per heavy atom. The highest BCUT2D eigenvalue weighted by Crippen LogP contribution is 2.24. The van der Waals surface area contributed by atoms with E-state index < -0.39 is 0 Å². The van der Waals surface area contributed by atoms with Gasteiger partial charge >= 0.3 is 5.97 Å². The SMILES string of the molecule is C=CC(=O)OC(C)C(CCCCCCCCCCCC)CCCCCCCCCCCCCC. The molecule has 0 rings (SSSR count). The number of unbranched alkanes of at least 4 members (excludes halogenated alkanes) is 20. The summed E-state index contributed by atoms with van der Waals surface area (Å²) in [5.41, 5.74) is 0. The van der Waals surface area contributed by atoms with E-state index in [2.05, 4.69) is 27.4 Å². The molecule has 202 valence electrons. The van der Waals surface area contributed by atoms with Crippen molar-refractivity contribution >= 4 is 5.97 Å². The van der Waals surface area contributed by atoms with Crippen molar-refractivity contribution in [2.24, 2.45) is 5.92 Å². The molecule has 0 aromatic carbocycles. The molecule has 0 saturated heterocycles. The quantitative estimate of drug-likeness (QED) is 0.0666. The molecule has 0 bridgehead atoms. The van der Waals surface area contributed by atoms with Gasteiger partial charge in [0.2, 0.25) is 0 Å². The molecule has 0 saturated carbocycles. The fourth-order valence-electron chi connectivity index (χ4n) is 5.08. The first kappa shape index (κ1) is 33.2. The van der Waals surface area contributed by atoms with Crippen LogP contribution in [0.2, 0.25) is 0 Å². The molecular weight excluding hydrogens is 416 g/mol. The van der Waals surface area contributed by atoms with E-state index >= 15 is 0 Å². The van der Waals surface area contributed by atoms with Gasteiger partial charge in [0.25, 0.3) is 0 Å². The van der Waals surface area contributed by atoms with Crippen LogP contribution in [0.5, 0.6) is 0 Å². The zero-order valence-corrected chi connectivity index (χ0v) is 23.7. The first-order chi connectivity index (χ1) is 16.7. The van der Waals surface area contributed by atoms with Crippen molar-refractivity contribution in [3.8, 4) is 0 Å². The minimum Gasteiger partial charge on any atom is -0.459 e. The molecule has 0 N–H and O–H groups in total. The second-order valence-electron chi connectivity index (χ2n) is 10.8. The molecule has 2 atom stereocenters. The maximum Gasteiger partial charge on any atom is 0.330 e. The highest BCUT2D eigenvalue weighted by atomic mass is 16.5. The van der Waals surface area contributed by atoms with Crippen molar-refractivity contribution in [2.75, 3.05) is 0 Å². The average Bonchev–Trinajstić information content (AvgIpc) is 2.84. The van der Waals surface area contributed by atoms with Crippen LogP contribution in [0.1, 0.15) is 175 Å². The smallest absolute Gasteiger partial charge is 0.330 e. The highest BCUT2D eigenvalue weighted by Gasteiger charge is 2.19. The summed E-state index contributed by atoms with van der Waals surface area (Å²) in [5.74, 6) is 0.233. The number of ether oxygens (including phenoxy) is 1. The summed E-state index contributed by atoms with van der Waals surface area (Å²) < 4.78 is 5.60. The van der Waals surface area contributed by atoms with Crippen LogP contribution in [0.25, 0.3) is 0 Å². The lowest BCUT2D eigenvalue weighted by atomic mass is 9.90. The van der Waals surface area contributed by atoms with E-state index in [1.54, 1.807) is 0 Å². The molecule has 0 aliphatic rings. The predicted molar refractivity (Wildman–Crippen MR) is 151 cm³/mol. The third kappa shape index (κ3) is 23.0. The Kier molecular flexibility index (Phi) is 26.2. The van der Waals surface area contributed by atoms with E-state index in [9.17, 15) is 4.79 Å². The van der Waals surface area contributed by atoms with Gasteiger partial charge < -0.3 is 4.74 Å². The summed E-state index contributed by atoms with van der Waals surface area (Å²) in [6.45, 7) is 10.2. The maximum absolute atomic E-state index is 11.7. The van der Waals surface area contributed by atoms with Gasteiger partial charge in [0.05, 0.1) is 0 Å². The van der Waals surface area contributed by atoms with Crippen molar-refractivity contribution in [2.45, 2.75) is 181 Å². The Bertz CT molecular complexity index is 431. The Balaban J connectivity index is 3.90. The first-order valence-corrected chi connectivity index (χ1v) is 15.5. The van der Waals surface area contributed by atoms with E-state index in [0.29, 0.717) is 5.92 Å². The first-order valence-electron chi connectivity index (χ1n) is 15.5. The number of carbonyl (C=O) groups excluding carboxylic acids is 1. The summed E-state index contributed by atoms with van der Waals surface area (Å²) in [6, 6.07) is 0. The van der Waals surface area contributed by atoms with Crippen LogP contribution in [0.4, 0.5) is 0 Å². The van der Waals surface area contributed by atoms with Crippen LogP contribution in [-0.2, 0) is 9.53 Å². The van der Waals surface area contributed by atoms with Crippen LogP contribution in [-0.4, -0.2) is 12.1 Å². The lowest BCUT2D eigenvalue weighted by Gasteiger charge is -2.24. The van der Waals surface area contributed by atoms with Crippen molar-refractivity contribution in [3.63, 3.8) is 0 Å². The van der Waals surface area contributed by atoms with Gasteiger partial charge in [0, 0.05) is 6.08 Å². The zero-order valence-electron chi connectivity index (χ0n) is 23.7. The number of esters is 1. The van der Waals surface area contributed by atoms with Crippen LogP contribution in [0.15, 0.2) is 12.7 Å². The predicted octanol–water partition coefficient (Wildman–Crippen LogP) is 11.1. The van der Waals surface area contributed by atoms with E-state index in [1.165, 1.54) is 160 Å². The lowest BCUT2D eigenvalue weighted by Crippen LogP contribution is -2.23. The van der Waals surface area contributed by atoms with Crippen LogP contribution in [0.3, 0.4) is 0 Å². The molecule has 0 fully saturated rings. The van der Waals surface area contributed by atoms with E-state index in [4.69, 9.17) is 4.74 Å². The highest BCUT2D eigenvalue weighted by molar-refractivity contribution is 5.81. The molecule has 34 heavy (non-hydrogen) atoms. The second-order valence-corrected chi connectivity index (χ2v) is 10.8. The van der Waals surface area contributed by atoms with E-state index in [0.717, 1.165) is 0 Å². The Morgan fingerprint density at radius 1 is 0.588 bits per heavy atom. The van der Waals surface area contributed by atoms with Crippen LogP contribution >= 0.6 is 0 Å². The fraction of sp³-hybridized carbons (Fsp3) is 0.906. The molecule has 0 heterocycles. The van der Waals surface area contributed by atoms with Gasteiger partial charge in [0.15, 0.2) is 0 Å². The number of rotatable bonds is 27. The van der Waals surface area contributed by atoms with Gasteiger partial charge in [0.1, 0.15) is 6.10 Å². The lowest BCUT2D eigenvalue weighted by molar-refractivity contribution is -0.145. The number of hydrogen-bond acceptors (Lipinski definition) is 2. The maximum atomic E-state index is 11.7. The molecular formula is C32H62O2. The fourth-order valence-corrected chi connectivity index (χ4v) is 5.08. The monoisotopic (exact) mass is 478 g/mol. The summed E-state index contributed by atoms with van der Waals surface area (Å²) in [6.07, 6.45) is 34.1. The van der Waals surface area contributed by atoms with Gasteiger partial charge in [-0.3, -0.25) is 0 Å². The minimum atomic E-state index is -0.268. The van der Waals surface area contributed by atoms with Gasteiger partial charge in [-0.15, -0.1) is 0 Å². The normalized spacial score (nSPS) is 13.0. The molecule has 0 spiro atoms. The third-order valence-corrected chi connectivity index (χ3v) is 7.49. The van der Waals surface area contributed by atoms with Crippen LogP contribution < -0.4 is 0 Å². The largest absolute Gasteiger partial charge is 0.459 e. The molecule has 0 aromatic heterocycles. The van der Waals surface area contributed by atoms with Gasteiger partial charge in [-0.05, 0) is 25.7 Å². The molecule has 0 aromatic rings. The van der Waals surface area contributed by atoms with Gasteiger partial charge in [-0.1, -0.05) is 162 Å². The molecule has 2 heteroatoms. The number of hydrogen-bond donors (Lipinski definition) is 0. The van der Waals surface area contributed by atoms with Gasteiger partial charge in [-0.25, -0.2) is 4.79 Å².